The maximum Gasteiger partial charge on any atom is 0.317 e. The highest BCUT2D eigenvalue weighted by Gasteiger charge is 2.37. The number of fused-ring (bicyclic) bond motifs is 3. The molecule has 3 aromatic heterocycles. The molecule has 0 unspecified atom stereocenters. The summed E-state index contributed by atoms with van der Waals surface area (Å²) in [6.07, 6.45) is 2.88. The van der Waals surface area contributed by atoms with Gasteiger partial charge in [-0.2, -0.15) is 0 Å². The first-order valence-corrected chi connectivity index (χ1v) is 13.1. The molecule has 1 aliphatic rings. The molecular formula is C24H26F2N6O3S. The summed E-state index contributed by atoms with van der Waals surface area (Å²) in [5, 5.41) is 2.27. The smallest absolute Gasteiger partial charge is 0.317 e. The molecule has 190 valence electrons. The Kier molecular flexibility index (Phi) is 6.15. The lowest BCUT2D eigenvalue weighted by atomic mass is 9.91. The van der Waals surface area contributed by atoms with E-state index in [9.17, 15) is 22.0 Å². The number of nitrogens with one attached hydrogen (secondary N) is 1. The Morgan fingerprint density at radius 2 is 1.89 bits per heavy atom. The van der Waals surface area contributed by atoms with Crippen molar-refractivity contribution in [2.75, 3.05) is 19.6 Å². The highest BCUT2D eigenvalue weighted by atomic mass is 32.2. The van der Waals surface area contributed by atoms with Crippen molar-refractivity contribution >= 4 is 32.9 Å². The van der Waals surface area contributed by atoms with Gasteiger partial charge in [0.25, 0.3) is 16.4 Å². The predicted octanol–water partition coefficient (Wildman–Crippen LogP) is 3.63. The number of carbonyl (C=O) groups excluding carboxylic acids is 1. The largest absolute Gasteiger partial charge is 0.332 e. The third-order valence-electron chi connectivity index (χ3n) is 6.78. The molecule has 1 saturated heterocycles. The van der Waals surface area contributed by atoms with Gasteiger partial charge in [0.1, 0.15) is 0 Å². The summed E-state index contributed by atoms with van der Waals surface area (Å²) in [5.74, 6) is -0.0197. The maximum absolute atomic E-state index is 13.4. The number of carbonyl (C=O) groups is 1. The summed E-state index contributed by atoms with van der Waals surface area (Å²) in [4.78, 5) is 23.0. The van der Waals surface area contributed by atoms with Crippen LogP contribution in [0, 0.1) is 12.8 Å². The third-order valence-corrected chi connectivity index (χ3v) is 8.46. The van der Waals surface area contributed by atoms with Crippen LogP contribution in [0.5, 0.6) is 0 Å². The quantitative estimate of drug-likeness (QED) is 0.422. The SMILES string of the molecule is CC[C@@H]1CN(C(=O)NCC(F)F)C[C@@H]1c1cnc2cnc3c(ccn3S(=O)(=O)c3ccc(C)cc3)n12. The van der Waals surface area contributed by atoms with Gasteiger partial charge in [-0.05, 0) is 31.0 Å². The molecule has 1 aromatic carbocycles. The molecule has 0 bridgehead atoms. The van der Waals surface area contributed by atoms with Crippen LogP contribution < -0.4 is 5.32 Å². The molecular weight excluding hydrogens is 490 g/mol. The minimum Gasteiger partial charge on any atom is -0.332 e. The monoisotopic (exact) mass is 516 g/mol. The van der Waals surface area contributed by atoms with Crippen LogP contribution in [0.15, 0.2) is 53.8 Å². The number of halogens is 2. The topological polar surface area (TPSA) is 102 Å². The summed E-state index contributed by atoms with van der Waals surface area (Å²) >= 11 is 0. The van der Waals surface area contributed by atoms with Crippen molar-refractivity contribution in [1.82, 2.24) is 28.6 Å². The van der Waals surface area contributed by atoms with E-state index in [2.05, 4.69) is 15.3 Å². The molecule has 5 rings (SSSR count). The number of rotatable bonds is 6. The lowest BCUT2D eigenvalue weighted by Gasteiger charge is -2.17. The second kappa shape index (κ2) is 9.16. The van der Waals surface area contributed by atoms with Gasteiger partial charge in [-0.15, -0.1) is 0 Å². The van der Waals surface area contributed by atoms with Gasteiger partial charge in [0.15, 0.2) is 11.3 Å². The average Bonchev–Trinajstić information content (AvgIpc) is 3.58. The van der Waals surface area contributed by atoms with E-state index < -0.39 is 29.0 Å². The van der Waals surface area contributed by atoms with E-state index in [1.165, 1.54) is 12.4 Å². The summed E-state index contributed by atoms with van der Waals surface area (Å²) < 4.78 is 54.9. The van der Waals surface area contributed by atoms with Crippen LogP contribution in [0.2, 0.25) is 0 Å². The predicted molar refractivity (Wildman–Crippen MR) is 130 cm³/mol. The Bertz CT molecular complexity index is 1530. The molecule has 2 atom stereocenters. The molecule has 0 spiro atoms. The van der Waals surface area contributed by atoms with Crippen molar-refractivity contribution in [3.05, 3.63) is 60.2 Å². The second-order valence-electron chi connectivity index (χ2n) is 9.03. The minimum atomic E-state index is -3.87. The molecule has 12 heteroatoms. The van der Waals surface area contributed by atoms with Gasteiger partial charge in [-0.3, -0.25) is 4.40 Å². The van der Waals surface area contributed by atoms with E-state index in [4.69, 9.17) is 0 Å². The molecule has 1 fully saturated rings. The molecule has 1 aliphatic heterocycles. The van der Waals surface area contributed by atoms with Crippen molar-refractivity contribution < 1.29 is 22.0 Å². The van der Waals surface area contributed by atoms with Crippen LogP contribution in [0.25, 0.3) is 16.8 Å². The van der Waals surface area contributed by atoms with Crippen LogP contribution >= 0.6 is 0 Å². The van der Waals surface area contributed by atoms with Crippen LogP contribution in [0.1, 0.15) is 30.5 Å². The number of aromatic nitrogens is 4. The number of likely N-dealkylation sites (tertiary alicyclic amines) is 1. The average molecular weight is 517 g/mol. The first kappa shape index (κ1) is 24.2. The van der Waals surface area contributed by atoms with Crippen molar-refractivity contribution in [3.8, 4) is 0 Å². The lowest BCUT2D eigenvalue weighted by molar-refractivity contribution is 0.141. The number of hydrogen-bond acceptors (Lipinski definition) is 5. The first-order chi connectivity index (χ1) is 17.2. The van der Waals surface area contributed by atoms with Gasteiger partial charge in [-0.1, -0.05) is 31.0 Å². The van der Waals surface area contributed by atoms with E-state index in [1.807, 2.05) is 18.2 Å². The van der Waals surface area contributed by atoms with Crippen molar-refractivity contribution in [1.29, 1.82) is 0 Å². The van der Waals surface area contributed by atoms with Crippen LogP contribution in [0.4, 0.5) is 13.6 Å². The Hall–Kier alpha value is -3.54. The second-order valence-corrected chi connectivity index (χ2v) is 10.8. The van der Waals surface area contributed by atoms with Crippen LogP contribution in [-0.4, -0.2) is 63.7 Å². The zero-order chi connectivity index (χ0) is 25.6. The Labute approximate surface area is 206 Å². The number of amides is 2. The number of aryl methyl sites for hydroxylation is 1. The highest BCUT2D eigenvalue weighted by Crippen LogP contribution is 2.36. The number of nitrogens with zero attached hydrogens (tertiary/aromatic N) is 5. The fraction of sp³-hybridized carbons (Fsp3) is 0.375. The Morgan fingerprint density at radius 3 is 2.58 bits per heavy atom. The zero-order valence-electron chi connectivity index (χ0n) is 19.8. The van der Waals surface area contributed by atoms with E-state index in [0.717, 1.165) is 21.7 Å². The summed E-state index contributed by atoms with van der Waals surface area (Å²) in [6, 6.07) is 7.78. The molecule has 4 aromatic rings. The maximum atomic E-state index is 13.4. The molecule has 0 saturated carbocycles. The van der Waals surface area contributed by atoms with Crippen molar-refractivity contribution in [2.24, 2.45) is 5.92 Å². The molecule has 36 heavy (non-hydrogen) atoms. The highest BCUT2D eigenvalue weighted by molar-refractivity contribution is 7.90. The molecule has 0 radical (unpaired) electrons. The zero-order valence-corrected chi connectivity index (χ0v) is 20.6. The number of hydrogen-bond donors (Lipinski definition) is 1. The molecule has 0 aliphatic carbocycles. The van der Waals surface area contributed by atoms with Gasteiger partial charge >= 0.3 is 6.03 Å². The van der Waals surface area contributed by atoms with E-state index in [1.54, 1.807) is 41.4 Å². The Balaban J connectivity index is 1.54. The van der Waals surface area contributed by atoms with E-state index >= 15 is 0 Å². The normalized spacial score (nSPS) is 18.5. The lowest BCUT2D eigenvalue weighted by Crippen LogP contribution is -2.40. The standard InChI is InChI=1S/C24H26F2N6O3S/c1-3-16-13-30(24(33)29-11-21(25)26)14-18(16)20-10-27-22-12-28-23-19(32(20)22)8-9-31(23)36(34,35)17-6-4-15(2)5-7-17/h4-10,12,16,18,21H,3,11,13-14H2,1-2H3,(H,29,33)/t16-,18+/m1/s1. The number of alkyl halides is 2. The summed E-state index contributed by atoms with van der Waals surface area (Å²) in [7, 11) is -3.87. The third kappa shape index (κ3) is 4.08. The van der Waals surface area contributed by atoms with Crippen molar-refractivity contribution in [3.63, 3.8) is 0 Å². The first-order valence-electron chi connectivity index (χ1n) is 11.7. The fourth-order valence-electron chi connectivity index (χ4n) is 4.89. The molecule has 4 heterocycles. The molecule has 2 amide bonds. The van der Waals surface area contributed by atoms with Gasteiger partial charge in [0, 0.05) is 37.1 Å². The summed E-state index contributed by atoms with van der Waals surface area (Å²) in [6.45, 7) is 3.98. The number of urea groups is 1. The Morgan fingerprint density at radius 1 is 1.14 bits per heavy atom. The van der Waals surface area contributed by atoms with Gasteiger partial charge in [0.05, 0.1) is 23.2 Å². The van der Waals surface area contributed by atoms with Crippen LogP contribution in [-0.2, 0) is 10.0 Å². The minimum absolute atomic E-state index is 0.0868. The number of benzene rings is 1. The fourth-order valence-corrected chi connectivity index (χ4v) is 6.18. The van der Waals surface area contributed by atoms with Crippen LogP contribution in [0.3, 0.4) is 0 Å². The van der Waals surface area contributed by atoms with Gasteiger partial charge in [0.2, 0.25) is 0 Å². The van der Waals surface area contributed by atoms with Crippen molar-refractivity contribution in [2.45, 2.75) is 37.5 Å². The molecule has 1 N–H and O–H groups in total. The van der Waals surface area contributed by atoms with Gasteiger partial charge in [-0.25, -0.2) is 35.9 Å². The van der Waals surface area contributed by atoms with E-state index in [0.29, 0.717) is 24.3 Å². The van der Waals surface area contributed by atoms with E-state index in [-0.39, 0.29) is 22.4 Å². The number of imidazole rings is 1. The molecule has 9 nitrogen and oxygen atoms in total. The van der Waals surface area contributed by atoms with Gasteiger partial charge < -0.3 is 10.2 Å². The summed E-state index contributed by atoms with van der Waals surface area (Å²) in [5.41, 5.74) is 3.16.